The summed E-state index contributed by atoms with van der Waals surface area (Å²) < 4.78 is 0.719. The molecule has 0 saturated carbocycles. The van der Waals surface area contributed by atoms with Crippen molar-refractivity contribution >= 4 is 35.8 Å². The molecule has 0 bridgehead atoms. The molecule has 2 N–H and O–H groups in total. The van der Waals surface area contributed by atoms with Gasteiger partial charge >= 0.3 is 0 Å². The summed E-state index contributed by atoms with van der Waals surface area (Å²) in [5.41, 5.74) is 5.14. The Morgan fingerprint density at radius 2 is 2.31 bits per heavy atom. The molecule has 0 aliphatic carbocycles. The van der Waals surface area contributed by atoms with Crippen LogP contribution in [0.5, 0.6) is 0 Å². The summed E-state index contributed by atoms with van der Waals surface area (Å²) in [5, 5.41) is 0. The smallest absolute Gasteiger partial charge is 0.231 e. The quantitative estimate of drug-likeness (QED) is 0.690. The van der Waals surface area contributed by atoms with E-state index in [-0.39, 0.29) is 11.9 Å². The van der Waals surface area contributed by atoms with E-state index in [0.29, 0.717) is 6.42 Å². The van der Waals surface area contributed by atoms with Crippen molar-refractivity contribution < 1.29 is 4.79 Å². The molecule has 0 unspecified atom stereocenters. The van der Waals surface area contributed by atoms with Crippen LogP contribution in [0.3, 0.4) is 0 Å². The molecular weight excluding hydrogens is 221 g/mol. The number of nitrogens with zero attached hydrogens (tertiary/aromatic N) is 2. The SMILES string of the molecule is [B]c1ccc([C@]2(C)CC(=O)N(C)C(N)=N2)s1. The molecule has 0 saturated heterocycles. The van der Waals surface area contributed by atoms with E-state index >= 15 is 0 Å². The molecule has 82 valence electrons. The van der Waals surface area contributed by atoms with E-state index in [9.17, 15) is 4.79 Å². The van der Waals surface area contributed by atoms with Crippen LogP contribution in [0.25, 0.3) is 0 Å². The summed E-state index contributed by atoms with van der Waals surface area (Å²) in [4.78, 5) is 18.5. The van der Waals surface area contributed by atoms with Gasteiger partial charge in [-0.25, -0.2) is 4.99 Å². The molecule has 0 fully saturated rings. The van der Waals surface area contributed by atoms with Gasteiger partial charge < -0.3 is 5.73 Å². The van der Waals surface area contributed by atoms with Crippen molar-refractivity contribution in [1.82, 2.24) is 4.90 Å². The molecule has 1 aromatic heterocycles. The summed E-state index contributed by atoms with van der Waals surface area (Å²) in [6, 6.07) is 3.72. The van der Waals surface area contributed by atoms with Gasteiger partial charge in [0.05, 0.1) is 6.42 Å². The second-order valence-corrected chi connectivity index (χ2v) is 5.19. The molecule has 2 heterocycles. The molecule has 16 heavy (non-hydrogen) atoms. The van der Waals surface area contributed by atoms with Crippen LogP contribution in [-0.4, -0.2) is 31.7 Å². The van der Waals surface area contributed by atoms with E-state index in [0.717, 1.165) is 9.65 Å². The number of guanidine groups is 1. The maximum atomic E-state index is 11.7. The zero-order valence-corrected chi connectivity index (χ0v) is 10.0. The first-order chi connectivity index (χ1) is 7.42. The highest BCUT2D eigenvalue weighted by molar-refractivity contribution is 7.20. The Balaban J connectivity index is 2.43. The van der Waals surface area contributed by atoms with Gasteiger partial charge in [-0.3, -0.25) is 9.69 Å². The predicted octanol–water partition coefficient (Wildman–Crippen LogP) is -0.0661. The van der Waals surface area contributed by atoms with Crippen LogP contribution in [0.2, 0.25) is 0 Å². The Labute approximate surface area is 99.6 Å². The van der Waals surface area contributed by atoms with Crippen LogP contribution < -0.4 is 10.5 Å². The van der Waals surface area contributed by atoms with E-state index in [1.807, 2.05) is 19.1 Å². The van der Waals surface area contributed by atoms with Crippen LogP contribution >= 0.6 is 11.3 Å². The Morgan fingerprint density at radius 3 is 2.81 bits per heavy atom. The van der Waals surface area contributed by atoms with Crippen LogP contribution in [0.1, 0.15) is 18.2 Å². The molecule has 4 nitrogen and oxygen atoms in total. The summed E-state index contributed by atoms with van der Waals surface area (Å²) >= 11 is 1.44. The summed E-state index contributed by atoms with van der Waals surface area (Å²) in [6.45, 7) is 1.90. The number of carbonyl (C=O) groups excluding carboxylic acids is 1. The second-order valence-electron chi connectivity index (χ2n) is 4.08. The summed E-state index contributed by atoms with van der Waals surface area (Å²) in [6.07, 6.45) is 0.324. The highest BCUT2D eigenvalue weighted by Gasteiger charge is 2.36. The van der Waals surface area contributed by atoms with Gasteiger partial charge in [0.15, 0.2) is 5.96 Å². The average molecular weight is 233 g/mol. The predicted molar refractivity (Wildman–Crippen MR) is 66.1 cm³/mol. The molecule has 0 aromatic carbocycles. The van der Waals surface area contributed by atoms with Crippen molar-refractivity contribution in [2.24, 2.45) is 10.7 Å². The van der Waals surface area contributed by atoms with Crippen LogP contribution in [0, 0.1) is 0 Å². The maximum absolute atomic E-state index is 11.7. The second kappa shape index (κ2) is 3.62. The molecule has 1 aliphatic heterocycles. The lowest BCUT2D eigenvalue weighted by Gasteiger charge is -2.32. The molecule has 1 aliphatic rings. The first-order valence-corrected chi connectivity index (χ1v) is 5.72. The molecule has 6 heteroatoms. The number of amides is 1. The molecule has 2 radical (unpaired) electrons. The van der Waals surface area contributed by atoms with E-state index in [1.165, 1.54) is 16.2 Å². The Bertz CT molecular complexity index is 470. The maximum Gasteiger partial charge on any atom is 0.231 e. The third-order valence-electron chi connectivity index (χ3n) is 2.73. The van der Waals surface area contributed by atoms with Crippen molar-refractivity contribution in [2.75, 3.05) is 7.05 Å². The van der Waals surface area contributed by atoms with Crippen LogP contribution in [0.4, 0.5) is 0 Å². The highest BCUT2D eigenvalue weighted by Crippen LogP contribution is 2.34. The number of nitrogens with two attached hydrogens (primary N) is 1. The molecule has 1 aromatic rings. The normalized spacial score (nSPS) is 25.8. The van der Waals surface area contributed by atoms with Gasteiger partial charge in [-0.2, -0.15) is 11.3 Å². The van der Waals surface area contributed by atoms with E-state index in [2.05, 4.69) is 4.99 Å². The fourth-order valence-electron chi connectivity index (χ4n) is 1.69. The Kier molecular flexibility index (Phi) is 2.54. The van der Waals surface area contributed by atoms with E-state index in [1.54, 1.807) is 7.05 Å². The van der Waals surface area contributed by atoms with Gasteiger partial charge in [-0.05, 0) is 17.8 Å². The zero-order valence-electron chi connectivity index (χ0n) is 9.23. The fourth-order valence-corrected chi connectivity index (χ4v) is 2.56. The first kappa shape index (κ1) is 11.2. The van der Waals surface area contributed by atoms with Gasteiger partial charge in [0.2, 0.25) is 5.91 Å². The molecule has 0 spiro atoms. The van der Waals surface area contributed by atoms with Gasteiger partial charge in [0, 0.05) is 11.9 Å². The van der Waals surface area contributed by atoms with Crippen molar-refractivity contribution in [3.05, 3.63) is 17.0 Å². The molecule has 1 atom stereocenters. The number of hydrogen-bond acceptors (Lipinski definition) is 4. The fraction of sp³-hybridized carbons (Fsp3) is 0.400. The van der Waals surface area contributed by atoms with Gasteiger partial charge in [-0.15, -0.1) is 0 Å². The lowest BCUT2D eigenvalue weighted by Crippen LogP contribution is -2.47. The Morgan fingerprint density at radius 1 is 1.62 bits per heavy atom. The lowest BCUT2D eigenvalue weighted by molar-refractivity contribution is -0.128. The minimum Gasteiger partial charge on any atom is -0.369 e. The molecule has 1 amide bonds. The van der Waals surface area contributed by atoms with Crippen molar-refractivity contribution in [1.29, 1.82) is 0 Å². The third-order valence-corrected chi connectivity index (χ3v) is 3.90. The lowest BCUT2D eigenvalue weighted by atomic mass is 9.94. The topological polar surface area (TPSA) is 58.7 Å². The monoisotopic (exact) mass is 233 g/mol. The number of thiophene rings is 1. The minimum atomic E-state index is -0.573. The van der Waals surface area contributed by atoms with Gasteiger partial charge in [0.25, 0.3) is 0 Å². The van der Waals surface area contributed by atoms with Crippen LogP contribution in [0.15, 0.2) is 17.1 Å². The first-order valence-electron chi connectivity index (χ1n) is 4.90. The summed E-state index contributed by atoms with van der Waals surface area (Å²) in [5.74, 6) is 0.229. The highest BCUT2D eigenvalue weighted by atomic mass is 32.1. The molecular formula is C10H12BN3OS. The molecule has 2 rings (SSSR count). The average Bonchev–Trinajstić information content (AvgIpc) is 2.62. The number of rotatable bonds is 1. The third kappa shape index (κ3) is 1.73. The summed E-state index contributed by atoms with van der Waals surface area (Å²) in [7, 11) is 7.31. The number of hydrogen-bond donors (Lipinski definition) is 1. The van der Waals surface area contributed by atoms with E-state index < -0.39 is 5.54 Å². The standard InChI is InChI=1S/C10H12BN3OS/c1-10(6-3-4-7(11)16-6)5-8(15)14(2)9(12)13-10/h3-4H,5H2,1-2H3,(H2,12,13)/t10-/m0/s1. The number of aliphatic imine (C=N–C) groups is 1. The van der Waals surface area contributed by atoms with E-state index in [4.69, 9.17) is 13.6 Å². The zero-order chi connectivity index (χ0) is 11.9. The number of carbonyl (C=O) groups is 1. The van der Waals surface area contributed by atoms with Crippen LogP contribution in [-0.2, 0) is 10.3 Å². The van der Waals surface area contributed by atoms with Crippen molar-refractivity contribution in [2.45, 2.75) is 18.9 Å². The largest absolute Gasteiger partial charge is 0.369 e. The Hall–Kier alpha value is -1.30. The van der Waals surface area contributed by atoms with Gasteiger partial charge in [-0.1, -0.05) is 6.07 Å². The van der Waals surface area contributed by atoms with Crippen molar-refractivity contribution in [3.8, 4) is 0 Å². The minimum absolute atomic E-state index is 0.0260. The van der Waals surface area contributed by atoms with Crippen molar-refractivity contribution in [3.63, 3.8) is 0 Å². The van der Waals surface area contributed by atoms with Gasteiger partial charge in [0.1, 0.15) is 13.4 Å².